The minimum atomic E-state index is -0.384. The van der Waals surface area contributed by atoms with E-state index in [1.807, 2.05) is 12.1 Å². The van der Waals surface area contributed by atoms with Crippen LogP contribution in [0.5, 0.6) is 0 Å². The van der Waals surface area contributed by atoms with Crippen LogP contribution in [0.2, 0.25) is 10.0 Å². The second kappa shape index (κ2) is 9.05. The molecule has 0 aliphatic heterocycles. The molecular weight excluding hydrogens is 419 g/mol. The fraction of sp³-hybridized carbons (Fsp3) is 0.105. The zero-order valence-electron chi connectivity index (χ0n) is 14.8. The van der Waals surface area contributed by atoms with Gasteiger partial charge in [0, 0.05) is 11.2 Å². The fourth-order valence-corrected chi connectivity index (χ4v) is 3.10. The van der Waals surface area contributed by atoms with Crippen molar-refractivity contribution in [1.82, 2.24) is 9.78 Å². The molecule has 6 nitrogen and oxygen atoms in total. The Morgan fingerprint density at radius 2 is 2.00 bits per heavy atom. The molecule has 0 amide bonds. The van der Waals surface area contributed by atoms with Gasteiger partial charge in [0.15, 0.2) is 5.11 Å². The summed E-state index contributed by atoms with van der Waals surface area (Å²) in [4.78, 5) is 11.9. The second-order valence-electron chi connectivity index (χ2n) is 5.78. The number of esters is 1. The Morgan fingerprint density at radius 3 is 2.79 bits per heavy atom. The highest BCUT2D eigenvalue weighted by molar-refractivity contribution is 7.80. The highest BCUT2D eigenvalue weighted by Gasteiger charge is 2.12. The second-order valence-corrected chi connectivity index (χ2v) is 7.03. The van der Waals surface area contributed by atoms with Gasteiger partial charge in [-0.1, -0.05) is 41.4 Å². The molecule has 0 fully saturated rings. The molecule has 0 radical (unpaired) electrons. The minimum Gasteiger partial charge on any atom is -0.465 e. The summed E-state index contributed by atoms with van der Waals surface area (Å²) in [5.41, 5.74) is 2.59. The molecule has 3 rings (SSSR count). The van der Waals surface area contributed by atoms with Crippen molar-refractivity contribution < 1.29 is 9.53 Å². The number of nitrogens with one attached hydrogen (secondary N) is 2. The van der Waals surface area contributed by atoms with E-state index in [9.17, 15) is 4.79 Å². The Balaban J connectivity index is 1.67. The number of carbonyl (C=O) groups is 1. The minimum absolute atomic E-state index is 0.346. The Morgan fingerprint density at radius 1 is 1.21 bits per heavy atom. The van der Waals surface area contributed by atoms with Crippen molar-refractivity contribution in [2.75, 3.05) is 17.7 Å². The van der Waals surface area contributed by atoms with Crippen molar-refractivity contribution in [2.24, 2.45) is 0 Å². The van der Waals surface area contributed by atoms with Crippen molar-refractivity contribution in [3.8, 4) is 0 Å². The van der Waals surface area contributed by atoms with E-state index < -0.39 is 0 Å². The van der Waals surface area contributed by atoms with Gasteiger partial charge in [0.05, 0.1) is 41.8 Å². The first kappa shape index (κ1) is 20.1. The number of rotatable bonds is 5. The van der Waals surface area contributed by atoms with E-state index in [0.717, 1.165) is 5.56 Å². The van der Waals surface area contributed by atoms with Gasteiger partial charge in [0.25, 0.3) is 0 Å². The number of nitrogens with zero attached hydrogens (tertiary/aromatic N) is 2. The van der Waals surface area contributed by atoms with Crippen LogP contribution in [-0.2, 0) is 11.3 Å². The Labute approximate surface area is 177 Å². The lowest BCUT2D eigenvalue weighted by Gasteiger charge is -2.11. The molecule has 9 heteroatoms. The van der Waals surface area contributed by atoms with E-state index in [-0.39, 0.29) is 5.97 Å². The molecule has 0 bridgehead atoms. The number of aromatic nitrogens is 2. The van der Waals surface area contributed by atoms with E-state index in [1.54, 1.807) is 47.4 Å². The number of carbonyl (C=O) groups excluding carboxylic acids is 1. The summed E-state index contributed by atoms with van der Waals surface area (Å²) >= 11 is 17.4. The Bertz CT molecular complexity index is 1020. The van der Waals surface area contributed by atoms with Gasteiger partial charge in [-0.25, -0.2) is 4.79 Å². The Hall–Kier alpha value is -2.61. The monoisotopic (exact) mass is 434 g/mol. The molecule has 0 saturated carbocycles. The molecule has 0 aliphatic carbocycles. The molecule has 1 aromatic heterocycles. The molecule has 3 aromatic rings. The van der Waals surface area contributed by atoms with E-state index in [2.05, 4.69) is 15.7 Å². The van der Waals surface area contributed by atoms with Crippen molar-refractivity contribution >= 4 is 57.9 Å². The van der Waals surface area contributed by atoms with E-state index in [4.69, 9.17) is 40.2 Å². The highest BCUT2D eigenvalue weighted by Crippen LogP contribution is 2.25. The maximum Gasteiger partial charge on any atom is 0.338 e. The molecular formula is C19H16Cl2N4O2S. The highest BCUT2D eigenvalue weighted by atomic mass is 35.5. The molecule has 144 valence electrons. The third kappa shape index (κ3) is 5.01. The first-order valence-electron chi connectivity index (χ1n) is 8.18. The molecule has 2 N–H and O–H groups in total. The van der Waals surface area contributed by atoms with Crippen molar-refractivity contribution in [2.45, 2.75) is 6.54 Å². The van der Waals surface area contributed by atoms with Crippen LogP contribution in [0.15, 0.2) is 54.9 Å². The molecule has 0 spiro atoms. The van der Waals surface area contributed by atoms with Gasteiger partial charge >= 0.3 is 5.97 Å². The van der Waals surface area contributed by atoms with Gasteiger partial charge < -0.3 is 15.4 Å². The number of halogens is 2. The van der Waals surface area contributed by atoms with Gasteiger partial charge in [-0.05, 0) is 42.0 Å². The summed E-state index contributed by atoms with van der Waals surface area (Å²) in [5, 5.41) is 11.7. The van der Waals surface area contributed by atoms with Gasteiger partial charge in [0.1, 0.15) is 0 Å². The standard InChI is InChI=1S/C19H16Cl2N4O2S/c1-27-18(26)15-5-3-2-4-12(15)10-25-11-14(9-22-25)23-19(28)24-17-8-13(20)6-7-16(17)21/h2-9,11H,10H2,1H3,(H2,23,24,28). The summed E-state index contributed by atoms with van der Waals surface area (Å²) in [6, 6.07) is 12.3. The van der Waals surface area contributed by atoms with Gasteiger partial charge in [0.2, 0.25) is 0 Å². The maximum atomic E-state index is 11.9. The average Bonchev–Trinajstić information content (AvgIpc) is 3.11. The lowest BCUT2D eigenvalue weighted by Crippen LogP contribution is -2.19. The van der Waals surface area contributed by atoms with Crippen LogP contribution in [0.1, 0.15) is 15.9 Å². The fourth-order valence-electron chi connectivity index (χ4n) is 2.53. The normalized spacial score (nSPS) is 10.4. The largest absolute Gasteiger partial charge is 0.465 e. The first-order valence-corrected chi connectivity index (χ1v) is 9.34. The number of anilines is 2. The van der Waals surface area contributed by atoms with Crippen molar-refractivity contribution in [3.63, 3.8) is 0 Å². The summed E-state index contributed by atoms with van der Waals surface area (Å²) in [6.45, 7) is 0.410. The maximum absolute atomic E-state index is 11.9. The molecule has 0 atom stereocenters. The number of thiocarbonyl (C=S) groups is 1. The molecule has 0 aliphatic rings. The summed E-state index contributed by atoms with van der Waals surface area (Å²) in [7, 11) is 1.36. The molecule has 28 heavy (non-hydrogen) atoms. The molecule has 2 aromatic carbocycles. The average molecular weight is 435 g/mol. The van der Waals surface area contributed by atoms with Crippen molar-refractivity contribution in [3.05, 3.63) is 76.0 Å². The number of hydrogen-bond acceptors (Lipinski definition) is 4. The van der Waals surface area contributed by atoms with Crippen LogP contribution in [0.25, 0.3) is 0 Å². The molecule has 0 saturated heterocycles. The van der Waals surface area contributed by atoms with Gasteiger partial charge in [-0.15, -0.1) is 0 Å². The van der Waals surface area contributed by atoms with E-state index >= 15 is 0 Å². The van der Waals surface area contributed by atoms with Crippen LogP contribution in [0, 0.1) is 0 Å². The van der Waals surface area contributed by atoms with Gasteiger partial charge in [-0.2, -0.15) is 5.10 Å². The van der Waals surface area contributed by atoms with Crippen LogP contribution in [0.3, 0.4) is 0 Å². The summed E-state index contributed by atoms with van der Waals surface area (Å²) in [5.74, 6) is -0.384. The van der Waals surface area contributed by atoms with Crippen LogP contribution in [0.4, 0.5) is 11.4 Å². The smallest absolute Gasteiger partial charge is 0.338 e. The van der Waals surface area contributed by atoms with Crippen LogP contribution < -0.4 is 10.6 Å². The third-order valence-electron chi connectivity index (χ3n) is 3.82. The Kier molecular flexibility index (Phi) is 6.51. The zero-order valence-corrected chi connectivity index (χ0v) is 17.1. The predicted octanol–water partition coefficient (Wildman–Crippen LogP) is 4.83. The quantitative estimate of drug-likeness (QED) is 0.442. The number of hydrogen-bond donors (Lipinski definition) is 2. The summed E-state index contributed by atoms with van der Waals surface area (Å²) < 4.78 is 6.51. The van der Waals surface area contributed by atoms with Crippen LogP contribution in [-0.4, -0.2) is 28.0 Å². The van der Waals surface area contributed by atoms with E-state index in [0.29, 0.717) is 38.6 Å². The van der Waals surface area contributed by atoms with Crippen molar-refractivity contribution in [1.29, 1.82) is 0 Å². The lowest BCUT2D eigenvalue weighted by atomic mass is 10.1. The number of methoxy groups -OCH3 is 1. The molecule has 0 unspecified atom stereocenters. The topological polar surface area (TPSA) is 68.2 Å². The zero-order chi connectivity index (χ0) is 20.1. The first-order chi connectivity index (χ1) is 13.5. The third-order valence-corrected chi connectivity index (χ3v) is 4.59. The lowest BCUT2D eigenvalue weighted by molar-refractivity contribution is 0.0599. The van der Waals surface area contributed by atoms with Crippen LogP contribution >= 0.6 is 35.4 Å². The summed E-state index contributed by atoms with van der Waals surface area (Å²) in [6.07, 6.45) is 3.41. The number of ether oxygens (including phenoxy) is 1. The predicted molar refractivity (Wildman–Crippen MR) is 115 cm³/mol. The van der Waals surface area contributed by atoms with Gasteiger partial charge in [-0.3, -0.25) is 4.68 Å². The van der Waals surface area contributed by atoms with E-state index in [1.165, 1.54) is 7.11 Å². The number of benzene rings is 2. The molecule has 1 heterocycles. The SMILES string of the molecule is COC(=O)c1ccccc1Cn1cc(NC(=S)Nc2cc(Cl)ccc2Cl)cn1.